The number of carbonyl (C=O) groups is 2. The predicted molar refractivity (Wildman–Crippen MR) is 72.7 cm³/mol. The number of benzene rings is 1. The Morgan fingerprint density at radius 1 is 1.45 bits per heavy atom. The van der Waals surface area contributed by atoms with Crippen molar-refractivity contribution in [1.29, 1.82) is 5.26 Å². The Labute approximate surface area is 125 Å². The molecule has 0 spiro atoms. The van der Waals surface area contributed by atoms with Crippen LogP contribution in [0, 0.1) is 11.3 Å². The summed E-state index contributed by atoms with van der Waals surface area (Å²) in [5, 5.41) is 18.2. The van der Waals surface area contributed by atoms with Gasteiger partial charge >= 0.3 is 5.97 Å². The van der Waals surface area contributed by atoms with Crippen LogP contribution in [0.5, 0.6) is 0 Å². The number of carboxylic acids is 1. The highest BCUT2D eigenvalue weighted by Gasteiger charge is 2.38. The highest BCUT2D eigenvalue weighted by Crippen LogP contribution is 2.40. The van der Waals surface area contributed by atoms with Gasteiger partial charge in [0.25, 0.3) is 5.91 Å². The van der Waals surface area contributed by atoms with Crippen LogP contribution in [-0.4, -0.2) is 28.4 Å². The summed E-state index contributed by atoms with van der Waals surface area (Å²) in [5.74, 6) is -1.33. The number of fused-ring (bicyclic) bond motifs is 1. The van der Waals surface area contributed by atoms with E-state index in [-0.39, 0.29) is 40.9 Å². The van der Waals surface area contributed by atoms with E-state index in [0.717, 1.165) is 0 Å². The molecule has 1 aromatic carbocycles. The number of nitriles is 1. The Kier molecular flexibility index (Phi) is 4.17. The van der Waals surface area contributed by atoms with E-state index in [9.17, 15) is 14.9 Å². The molecule has 7 heteroatoms. The number of amides is 1. The normalized spacial score (nSPS) is 16.9. The number of carbonyl (C=O) groups excluding carboxylic acids is 1. The van der Waals surface area contributed by atoms with Gasteiger partial charge in [0.1, 0.15) is 6.04 Å². The molecule has 1 aliphatic heterocycles. The van der Waals surface area contributed by atoms with Gasteiger partial charge in [-0.15, -0.1) is 0 Å². The van der Waals surface area contributed by atoms with Gasteiger partial charge in [0, 0.05) is 18.5 Å². The third-order valence-corrected chi connectivity index (χ3v) is 3.92. The van der Waals surface area contributed by atoms with Crippen LogP contribution in [0.3, 0.4) is 0 Å². The number of hydrogen-bond acceptors (Lipinski definition) is 3. The molecular formula is C13H10Cl2N2O3. The third kappa shape index (κ3) is 2.45. The van der Waals surface area contributed by atoms with E-state index >= 15 is 0 Å². The van der Waals surface area contributed by atoms with Gasteiger partial charge in [0.05, 0.1) is 21.7 Å². The molecule has 2 rings (SSSR count). The Morgan fingerprint density at radius 3 is 2.75 bits per heavy atom. The van der Waals surface area contributed by atoms with E-state index in [1.165, 1.54) is 4.90 Å². The fourth-order valence-electron chi connectivity index (χ4n) is 2.21. The largest absolute Gasteiger partial charge is 0.481 e. The number of halogens is 2. The summed E-state index contributed by atoms with van der Waals surface area (Å²) in [6.07, 6.45) is 0.214. The molecule has 20 heavy (non-hydrogen) atoms. The van der Waals surface area contributed by atoms with E-state index < -0.39 is 12.0 Å². The second kappa shape index (κ2) is 5.70. The molecule has 0 aliphatic carbocycles. The highest BCUT2D eigenvalue weighted by molar-refractivity contribution is 6.44. The molecule has 0 bridgehead atoms. The number of nitrogens with zero attached hydrogens (tertiary/aromatic N) is 2. The van der Waals surface area contributed by atoms with E-state index in [1.807, 2.05) is 6.07 Å². The molecular weight excluding hydrogens is 303 g/mol. The van der Waals surface area contributed by atoms with Gasteiger partial charge in [0.2, 0.25) is 0 Å². The number of aliphatic carboxylic acids is 1. The van der Waals surface area contributed by atoms with Gasteiger partial charge < -0.3 is 10.0 Å². The molecule has 0 saturated heterocycles. The summed E-state index contributed by atoms with van der Waals surface area (Å²) in [4.78, 5) is 24.1. The molecule has 5 nitrogen and oxygen atoms in total. The van der Waals surface area contributed by atoms with Crippen LogP contribution < -0.4 is 0 Å². The van der Waals surface area contributed by atoms with Crippen molar-refractivity contribution < 1.29 is 14.7 Å². The number of carboxylic acid groups (broad SMARTS) is 1. The lowest BCUT2D eigenvalue weighted by Gasteiger charge is -2.19. The summed E-state index contributed by atoms with van der Waals surface area (Å²) in [7, 11) is 0. The minimum atomic E-state index is -0.941. The van der Waals surface area contributed by atoms with E-state index in [4.69, 9.17) is 28.3 Å². The molecule has 1 atom stereocenters. The SMILES string of the molecule is N#CC1c2ccc(Cl)c(Cl)c2C(=O)N1CCCC(=O)O. The third-order valence-electron chi connectivity index (χ3n) is 3.12. The Hall–Kier alpha value is -1.77. The number of hydrogen-bond donors (Lipinski definition) is 1. The second-order valence-corrected chi connectivity index (χ2v) is 5.14. The first-order chi connectivity index (χ1) is 9.47. The Balaban J connectivity index is 2.30. The van der Waals surface area contributed by atoms with Crippen LogP contribution in [0.25, 0.3) is 0 Å². The van der Waals surface area contributed by atoms with Crippen LogP contribution in [-0.2, 0) is 4.79 Å². The summed E-state index contributed by atoms with van der Waals surface area (Å²) < 4.78 is 0. The Morgan fingerprint density at radius 2 is 2.15 bits per heavy atom. The van der Waals surface area contributed by atoms with Gasteiger partial charge in [-0.25, -0.2) is 0 Å². The van der Waals surface area contributed by atoms with Crippen molar-refractivity contribution in [3.05, 3.63) is 33.3 Å². The van der Waals surface area contributed by atoms with Crippen LogP contribution in [0.4, 0.5) is 0 Å². The quantitative estimate of drug-likeness (QED) is 0.926. The second-order valence-electron chi connectivity index (χ2n) is 4.35. The van der Waals surface area contributed by atoms with Crippen molar-refractivity contribution in [2.45, 2.75) is 18.9 Å². The molecule has 104 valence electrons. The van der Waals surface area contributed by atoms with Gasteiger partial charge in [-0.1, -0.05) is 29.3 Å². The zero-order valence-electron chi connectivity index (χ0n) is 10.3. The van der Waals surface area contributed by atoms with Gasteiger partial charge in [0.15, 0.2) is 0 Å². The van der Waals surface area contributed by atoms with Crippen LogP contribution in [0.2, 0.25) is 10.0 Å². The van der Waals surface area contributed by atoms with Crippen molar-refractivity contribution in [1.82, 2.24) is 4.90 Å². The average Bonchev–Trinajstić information content (AvgIpc) is 2.67. The molecule has 1 aliphatic rings. The molecule has 0 aromatic heterocycles. The standard InChI is InChI=1S/C13H10Cl2N2O3/c14-8-4-3-7-9(6-16)17(5-1-2-10(18)19)13(20)11(7)12(8)15/h3-4,9H,1-2,5H2,(H,18,19). The van der Waals surface area contributed by atoms with Crippen molar-refractivity contribution in [3.63, 3.8) is 0 Å². The highest BCUT2D eigenvalue weighted by atomic mass is 35.5. The van der Waals surface area contributed by atoms with E-state index in [1.54, 1.807) is 12.1 Å². The minimum absolute atomic E-state index is 0.0627. The summed E-state index contributed by atoms with van der Waals surface area (Å²) in [5.41, 5.74) is 0.753. The lowest BCUT2D eigenvalue weighted by molar-refractivity contribution is -0.137. The average molecular weight is 313 g/mol. The fraction of sp³-hybridized carbons (Fsp3) is 0.308. The molecule has 0 saturated carbocycles. The smallest absolute Gasteiger partial charge is 0.303 e. The van der Waals surface area contributed by atoms with Crippen molar-refractivity contribution >= 4 is 35.1 Å². The molecule has 1 heterocycles. The monoisotopic (exact) mass is 312 g/mol. The Bertz CT molecular complexity index is 625. The van der Waals surface area contributed by atoms with Crippen molar-refractivity contribution in [3.8, 4) is 6.07 Å². The van der Waals surface area contributed by atoms with Crippen molar-refractivity contribution in [2.24, 2.45) is 0 Å². The molecule has 0 fully saturated rings. The van der Waals surface area contributed by atoms with Gasteiger partial charge in [-0.3, -0.25) is 9.59 Å². The molecule has 1 N–H and O–H groups in total. The maximum absolute atomic E-state index is 12.3. The number of rotatable bonds is 4. The van der Waals surface area contributed by atoms with Crippen LogP contribution in [0.15, 0.2) is 12.1 Å². The van der Waals surface area contributed by atoms with Gasteiger partial charge in [-0.2, -0.15) is 5.26 Å². The van der Waals surface area contributed by atoms with Crippen LogP contribution >= 0.6 is 23.2 Å². The molecule has 1 aromatic rings. The lowest BCUT2D eigenvalue weighted by atomic mass is 10.1. The summed E-state index contributed by atoms with van der Waals surface area (Å²) in [6, 6.07) is 4.44. The fourth-order valence-corrected chi connectivity index (χ4v) is 2.62. The van der Waals surface area contributed by atoms with Gasteiger partial charge in [-0.05, 0) is 12.5 Å². The van der Waals surface area contributed by atoms with Crippen molar-refractivity contribution in [2.75, 3.05) is 6.54 Å². The molecule has 1 unspecified atom stereocenters. The molecule has 1 amide bonds. The zero-order valence-corrected chi connectivity index (χ0v) is 11.8. The first-order valence-corrected chi connectivity index (χ1v) is 6.63. The maximum Gasteiger partial charge on any atom is 0.303 e. The summed E-state index contributed by atoms with van der Waals surface area (Å²) >= 11 is 11.9. The maximum atomic E-state index is 12.3. The van der Waals surface area contributed by atoms with Crippen LogP contribution in [0.1, 0.15) is 34.8 Å². The van der Waals surface area contributed by atoms with E-state index in [2.05, 4.69) is 0 Å². The predicted octanol–water partition coefficient (Wildman–Crippen LogP) is 2.88. The van der Waals surface area contributed by atoms with E-state index in [0.29, 0.717) is 5.56 Å². The summed E-state index contributed by atoms with van der Waals surface area (Å²) in [6.45, 7) is 0.186. The first kappa shape index (κ1) is 14.6. The zero-order chi connectivity index (χ0) is 14.9. The lowest BCUT2D eigenvalue weighted by Crippen LogP contribution is -2.28. The minimum Gasteiger partial charge on any atom is -0.481 e. The topological polar surface area (TPSA) is 81.4 Å². The molecule has 0 radical (unpaired) electrons. The first-order valence-electron chi connectivity index (χ1n) is 5.87.